The van der Waals surface area contributed by atoms with Crippen molar-refractivity contribution in [3.63, 3.8) is 0 Å². The molecule has 0 aliphatic carbocycles. The zero-order chi connectivity index (χ0) is 16.6. The van der Waals surface area contributed by atoms with E-state index >= 15 is 0 Å². The molecule has 23 heavy (non-hydrogen) atoms. The Morgan fingerprint density at radius 3 is 2.91 bits per heavy atom. The number of nitrogens with one attached hydrogen (secondary N) is 1. The molecule has 0 spiro atoms. The molecule has 1 aromatic rings. The number of hydrogen-bond donors (Lipinski definition) is 1. The Morgan fingerprint density at radius 1 is 1.48 bits per heavy atom. The Balaban J connectivity index is 1.60. The van der Waals surface area contributed by atoms with E-state index in [9.17, 15) is 13.2 Å². The lowest BCUT2D eigenvalue weighted by molar-refractivity contribution is 0.0747. The van der Waals surface area contributed by atoms with Crippen molar-refractivity contribution in [1.29, 1.82) is 0 Å². The highest BCUT2D eigenvalue weighted by Gasteiger charge is 2.42. The van der Waals surface area contributed by atoms with E-state index in [-0.39, 0.29) is 17.9 Å². The number of nitrogens with zero attached hydrogens (tertiary/aromatic N) is 2. The van der Waals surface area contributed by atoms with E-state index in [1.165, 1.54) is 10.6 Å². The monoisotopic (exact) mass is 341 g/mol. The summed E-state index contributed by atoms with van der Waals surface area (Å²) < 4.78 is 32.6. The molecule has 2 aliphatic rings. The maximum absolute atomic E-state index is 12.2. The van der Waals surface area contributed by atoms with E-state index in [2.05, 4.69) is 5.32 Å². The van der Waals surface area contributed by atoms with Gasteiger partial charge >= 0.3 is 0 Å². The molecule has 0 radical (unpaired) electrons. The molecule has 1 aromatic heterocycles. The van der Waals surface area contributed by atoms with Crippen LogP contribution in [0.15, 0.2) is 18.3 Å². The Morgan fingerprint density at radius 2 is 2.26 bits per heavy atom. The molecule has 1 N–H and O–H groups in total. The lowest BCUT2D eigenvalue weighted by Gasteiger charge is -2.34. The quantitative estimate of drug-likeness (QED) is 0.839. The molecular formula is C15H23N3O4S. The zero-order valence-corrected chi connectivity index (χ0v) is 14.3. The molecule has 0 bridgehead atoms. The average Bonchev–Trinajstić information content (AvgIpc) is 3.09. The average molecular weight is 341 g/mol. The largest absolute Gasteiger partial charge is 0.376 e. The summed E-state index contributed by atoms with van der Waals surface area (Å²) in [6.45, 7) is 2.09. The molecule has 2 aliphatic heterocycles. The van der Waals surface area contributed by atoms with Gasteiger partial charge in [-0.1, -0.05) is 0 Å². The van der Waals surface area contributed by atoms with Crippen LogP contribution in [0.3, 0.4) is 0 Å². The van der Waals surface area contributed by atoms with Crippen molar-refractivity contribution in [1.82, 2.24) is 14.2 Å². The second-order valence-corrected chi connectivity index (χ2v) is 8.40. The van der Waals surface area contributed by atoms with E-state index in [1.54, 1.807) is 10.6 Å². The SMILES string of the molecule is Cn1cccc1C(=O)NC[C@@H]1OC[C@H]2CCN(S(C)(=O)=O)C[C@H]21. The number of fused-ring (bicyclic) bond motifs is 1. The molecule has 1 amide bonds. The van der Waals surface area contributed by atoms with Crippen LogP contribution in [-0.4, -0.2) is 61.8 Å². The van der Waals surface area contributed by atoms with Gasteiger partial charge in [0.15, 0.2) is 0 Å². The van der Waals surface area contributed by atoms with Gasteiger partial charge in [0.05, 0.1) is 19.0 Å². The van der Waals surface area contributed by atoms with E-state index in [4.69, 9.17) is 4.74 Å². The Kier molecular flexibility index (Phi) is 4.48. The number of ether oxygens (including phenoxy) is 1. The van der Waals surface area contributed by atoms with Gasteiger partial charge in [0.2, 0.25) is 10.0 Å². The van der Waals surface area contributed by atoms with Crippen molar-refractivity contribution in [2.24, 2.45) is 18.9 Å². The van der Waals surface area contributed by atoms with Gasteiger partial charge in [-0.3, -0.25) is 4.79 Å². The first-order chi connectivity index (χ1) is 10.9. The molecular weight excluding hydrogens is 318 g/mol. The summed E-state index contributed by atoms with van der Waals surface area (Å²) in [6, 6.07) is 3.59. The van der Waals surface area contributed by atoms with Gasteiger partial charge in [-0.05, 0) is 24.5 Å². The third kappa shape index (κ3) is 3.44. The number of sulfonamides is 1. The van der Waals surface area contributed by atoms with Crippen molar-refractivity contribution in [3.05, 3.63) is 24.0 Å². The third-order valence-corrected chi connectivity index (χ3v) is 6.15. The lowest BCUT2D eigenvalue weighted by Crippen LogP contribution is -2.47. The number of aromatic nitrogens is 1. The van der Waals surface area contributed by atoms with E-state index in [1.807, 2.05) is 19.3 Å². The Bertz CT molecular complexity index is 685. The van der Waals surface area contributed by atoms with Crippen LogP contribution in [0.25, 0.3) is 0 Å². The van der Waals surface area contributed by atoms with E-state index in [0.717, 1.165) is 6.42 Å². The second-order valence-electron chi connectivity index (χ2n) is 6.42. The first kappa shape index (κ1) is 16.5. The Labute approximate surface area is 136 Å². The Hall–Kier alpha value is -1.38. The number of hydrogen-bond acceptors (Lipinski definition) is 4. The minimum absolute atomic E-state index is 0.131. The standard InChI is InChI=1S/C15H23N3O4S/c1-17-6-3-4-13(17)15(19)16-8-14-12-9-18(23(2,20)21)7-5-11(12)10-22-14/h3-4,6,11-12,14H,5,7-10H2,1-2H3,(H,16,19)/t11-,12-,14+/m1/s1. The van der Waals surface area contributed by atoms with E-state index in [0.29, 0.717) is 37.9 Å². The lowest BCUT2D eigenvalue weighted by atomic mass is 9.85. The minimum Gasteiger partial charge on any atom is -0.376 e. The molecule has 128 valence electrons. The van der Waals surface area contributed by atoms with Gasteiger partial charge in [-0.15, -0.1) is 0 Å². The number of aryl methyl sites for hydroxylation is 1. The second kappa shape index (κ2) is 6.26. The van der Waals surface area contributed by atoms with E-state index < -0.39 is 10.0 Å². The molecule has 2 fully saturated rings. The van der Waals surface area contributed by atoms with Crippen molar-refractivity contribution in [2.75, 3.05) is 32.5 Å². The summed E-state index contributed by atoms with van der Waals surface area (Å²) >= 11 is 0. The molecule has 3 heterocycles. The van der Waals surface area contributed by atoms with Gasteiger partial charge in [0.1, 0.15) is 5.69 Å². The third-order valence-electron chi connectivity index (χ3n) is 4.88. The molecule has 0 saturated carbocycles. The van der Waals surface area contributed by atoms with Crippen molar-refractivity contribution < 1.29 is 17.9 Å². The van der Waals surface area contributed by atoms with Crippen LogP contribution in [0.5, 0.6) is 0 Å². The van der Waals surface area contributed by atoms with Gasteiger partial charge in [0.25, 0.3) is 5.91 Å². The first-order valence-corrected chi connectivity index (χ1v) is 9.67. The number of amides is 1. The highest BCUT2D eigenvalue weighted by molar-refractivity contribution is 7.88. The fourth-order valence-corrected chi connectivity index (χ4v) is 4.37. The normalized spacial score (nSPS) is 28.5. The summed E-state index contributed by atoms with van der Waals surface area (Å²) in [4.78, 5) is 12.2. The smallest absolute Gasteiger partial charge is 0.267 e. The summed E-state index contributed by atoms with van der Waals surface area (Å²) in [5.74, 6) is 0.387. The zero-order valence-electron chi connectivity index (χ0n) is 13.4. The van der Waals surface area contributed by atoms with Crippen LogP contribution in [0.4, 0.5) is 0 Å². The number of piperidine rings is 1. The molecule has 8 heteroatoms. The summed E-state index contributed by atoms with van der Waals surface area (Å²) in [7, 11) is -1.35. The fourth-order valence-electron chi connectivity index (χ4n) is 3.49. The van der Waals surface area contributed by atoms with Crippen LogP contribution in [0, 0.1) is 11.8 Å². The number of carbonyl (C=O) groups is 1. The predicted molar refractivity (Wildman–Crippen MR) is 85.5 cm³/mol. The highest BCUT2D eigenvalue weighted by Crippen LogP contribution is 2.34. The predicted octanol–water partition coefficient (Wildman–Crippen LogP) is 0.0514. The molecule has 0 aromatic carbocycles. The minimum atomic E-state index is -3.17. The molecule has 7 nitrogen and oxygen atoms in total. The van der Waals surface area contributed by atoms with Crippen LogP contribution < -0.4 is 5.32 Å². The summed E-state index contributed by atoms with van der Waals surface area (Å²) in [5.41, 5.74) is 0.598. The maximum Gasteiger partial charge on any atom is 0.267 e. The topological polar surface area (TPSA) is 80.6 Å². The summed E-state index contributed by atoms with van der Waals surface area (Å²) in [5, 5.41) is 2.90. The maximum atomic E-state index is 12.2. The fraction of sp³-hybridized carbons (Fsp3) is 0.667. The molecule has 3 rings (SSSR count). The van der Waals surface area contributed by atoms with Crippen LogP contribution >= 0.6 is 0 Å². The number of rotatable bonds is 4. The number of carbonyl (C=O) groups excluding carboxylic acids is 1. The van der Waals surface area contributed by atoms with Crippen molar-refractivity contribution in [3.8, 4) is 0 Å². The van der Waals surface area contributed by atoms with Crippen LogP contribution in [-0.2, 0) is 21.8 Å². The molecule has 0 unspecified atom stereocenters. The summed E-state index contributed by atoms with van der Waals surface area (Å²) in [6.07, 6.45) is 3.76. The van der Waals surface area contributed by atoms with Crippen LogP contribution in [0.2, 0.25) is 0 Å². The first-order valence-electron chi connectivity index (χ1n) is 7.82. The molecule has 3 atom stereocenters. The van der Waals surface area contributed by atoms with Crippen molar-refractivity contribution >= 4 is 15.9 Å². The van der Waals surface area contributed by atoms with Gasteiger partial charge in [-0.25, -0.2) is 12.7 Å². The van der Waals surface area contributed by atoms with Gasteiger partial charge in [0, 0.05) is 38.8 Å². The van der Waals surface area contributed by atoms with Gasteiger partial charge < -0.3 is 14.6 Å². The van der Waals surface area contributed by atoms with Crippen LogP contribution in [0.1, 0.15) is 16.9 Å². The van der Waals surface area contributed by atoms with Crippen molar-refractivity contribution in [2.45, 2.75) is 12.5 Å². The highest BCUT2D eigenvalue weighted by atomic mass is 32.2. The molecule has 2 saturated heterocycles. The van der Waals surface area contributed by atoms with Gasteiger partial charge in [-0.2, -0.15) is 0 Å².